The van der Waals surface area contributed by atoms with E-state index in [0.717, 1.165) is 45.8 Å². The van der Waals surface area contributed by atoms with Crippen molar-refractivity contribution in [3.8, 4) is 0 Å². The van der Waals surface area contributed by atoms with Crippen LogP contribution < -0.4 is 5.32 Å². The van der Waals surface area contributed by atoms with Gasteiger partial charge in [-0.3, -0.25) is 0 Å². The Labute approximate surface area is 93.3 Å². The Bertz CT molecular complexity index is 100. The normalized spacial score (nSPS) is 10.8. The molecule has 0 spiro atoms. The average Bonchev–Trinajstić information content (AvgIpc) is 2.26. The highest BCUT2D eigenvalue weighted by atomic mass is 16.5. The second kappa shape index (κ2) is 13.8. The van der Waals surface area contributed by atoms with Crippen LogP contribution in [0.3, 0.4) is 0 Å². The fourth-order valence-corrected chi connectivity index (χ4v) is 1.06. The molecule has 0 aromatic carbocycles. The molecule has 4 heteroatoms. The van der Waals surface area contributed by atoms with Crippen LogP contribution in [0.1, 0.15) is 19.8 Å². The van der Waals surface area contributed by atoms with Crippen LogP contribution in [0.15, 0.2) is 0 Å². The molecule has 0 saturated carbocycles. The van der Waals surface area contributed by atoms with Crippen LogP contribution in [0.25, 0.3) is 0 Å². The molecular formula is C11H25NO3. The summed E-state index contributed by atoms with van der Waals surface area (Å²) in [4.78, 5) is 0. The second-order valence-corrected chi connectivity index (χ2v) is 3.32. The summed E-state index contributed by atoms with van der Waals surface area (Å²) < 4.78 is 15.6. The van der Waals surface area contributed by atoms with Gasteiger partial charge in [-0.15, -0.1) is 0 Å². The van der Waals surface area contributed by atoms with Crippen LogP contribution >= 0.6 is 0 Å². The molecular weight excluding hydrogens is 194 g/mol. The molecule has 0 aliphatic rings. The largest absolute Gasteiger partial charge is 0.383 e. The molecule has 0 atom stereocenters. The van der Waals surface area contributed by atoms with Gasteiger partial charge < -0.3 is 19.5 Å². The van der Waals surface area contributed by atoms with Crippen molar-refractivity contribution in [2.75, 3.05) is 53.2 Å². The summed E-state index contributed by atoms with van der Waals surface area (Å²) >= 11 is 0. The van der Waals surface area contributed by atoms with Crippen LogP contribution in [-0.4, -0.2) is 53.2 Å². The van der Waals surface area contributed by atoms with Gasteiger partial charge in [-0.2, -0.15) is 0 Å². The van der Waals surface area contributed by atoms with Gasteiger partial charge in [-0.05, 0) is 19.4 Å². The van der Waals surface area contributed by atoms with Crippen molar-refractivity contribution in [3.63, 3.8) is 0 Å². The predicted molar refractivity (Wildman–Crippen MR) is 61.3 cm³/mol. The minimum atomic E-state index is 0.706. The highest BCUT2D eigenvalue weighted by Crippen LogP contribution is 1.84. The quantitative estimate of drug-likeness (QED) is 0.498. The van der Waals surface area contributed by atoms with Crippen molar-refractivity contribution < 1.29 is 14.2 Å². The molecule has 0 aliphatic heterocycles. The molecule has 0 aliphatic carbocycles. The first kappa shape index (κ1) is 14.8. The van der Waals surface area contributed by atoms with E-state index in [2.05, 4.69) is 12.2 Å². The van der Waals surface area contributed by atoms with Gasteiger partial charge >= 0.3 is 0 Å². The van der Waals surface area contributed by atoms with E-state index in [9.17, 15) is 0 Å². The van der Waals surface area contributed by atoms with E-state index in [1.54, 1.807) is 7.11 Å². The van der Waals surface area contributed by atoms with E-state index in [4.69, 9.17) is 14.2 Å². The lowest BCUT2D eigenvalue weighted by atomic mass is 10.4. The van der Waals surface area contributed by atoms with E-state index >= 15 is 0 Å². The van der Waals surface area contributed by atoms with Crippen molar-refractivity contribution in [1.29, 1.82) is 0 Å². The molecule has 0 saturated heterocycles. The Morgan fingerprint density at radius 1 is 0.867 bits per heavy atom. The molecule has 0 radical (unpaired) electrons. The van der Waals surface area contributed by atoms with E-state index in [1.165, 1.54) is 0 Å². The maximum Gasteiger partial charge on any atom is 0.0700 e. The molecule has 0 heterocycles. The monoisotopic (exact) mass is 219 g/mol. The fraction of sp³-hybridized carbons (Fsp3) is 1.00. The zero-order valence-electron chi connectivity index (χ0n) is 10.1. The number of nitrogens with one attached hydrogen (secondary N) is 1. The topological polar surface area (TPSA) is 39.7 Å². The molecule has 4 nitrogen and oxygen atoms in total. The maximum atomic E-state index is 5.39. The summed E-state index contributed by atoms with van der Waals surface area (Å²) in [5.41, 5.74) is 0. The zero-order chi connectivity index (χ0) is 11.2. The third-order valence-electron chi connectivity index (χ3n) is 1.85. The van der Waals surface area contributed by atoms with Gasteiger partial charge in [-0.1, -0.05) is 6.92 Å². The lowest BCUT2D eigenvalue weighted by molar-refractivity contribution is 0.0471. The third kappa shape index (κ3) is 13.8. The van der Waals surface area contributed by atoms with Crippen LogP contribution in [0.4, 0.5) is 0 Å². The lowest BCUT2D eigenvalue weighted by Gasteiger charge is -2.06. The SMILES string of the molecule is CCCOCCOCCCNCCOC. The molecule has 0 aromatic heterocycles. The highest BCUT2D eigenvalue weighted by Gasteiger charge is 1.90. The summed E-state index contributed by atoms with van der Waals surface area (Å²) in [6, 6.07) is 0. The average molecular weight is 219 g/mol. The second-order valence-electron chi connectivity index (χ2n) is 3.32. The van der Waals surface area contributed by atoms with E-state index in [1.807, 2.05) is 0 Å². The summed E-state index contributed by atoms with van der Waals surface area (Å²) in [6.07, 6.45) is 2.11. The maximum absolute atomic E-state index is 5.39. The van der Waals surface area contributed by atoms with E-state index in [0.29, 0.717) is 13.2 Å². The minimum Gasteiger partial charge on any atom is -0.383 e. The number of ether oxygens (including phenoxy) is 3. The Balaban J connectivity index is 2.81. The third-order valence-corrected chi connectivity index (χ3v) is 1.85. The molecule has 0 fully saturated rings. The fourth-order valence-electron chi connectivity index (χ4n) is 1.06. The van der Waals surface area contributed by atoms with Crippen molar-refractivity contribution in [2.45, 2.75) is 19.8 Å². The summed E-state index contributed by atoms with van der Waals surface area (Å²) in [7, 11) is 1.71. The first-order valence-electron chi connectivity index (χ1n) is 5.77. The molecule has 1 N–H and O–H groups in total. The van der Waals surface area contributed by atoms with Crippen molar-refractivity contribution in [2.24, 2.45) is 0 Å². The zero-order valence-corrected chi connectivity index (χ0v) is 10.1. The minimum absolute atomic E-state index is 0.706. The van der Waals surface area contributed by atoms with Crippen LogP contribution in [-0.2, 0) is 14.2 Å². The summed E-state index contributed by atoms with van der Waals surface area (Å²) in [6.45, 7) is 7.83. The first-order valence-corrected chi connectivity index (χ1v) is 5.77. The van der Waals surface area contributed by atoms with Crippen LogP contribution in [0, 0.1) is 0 Å². The Morgan fingerprint density at radius 3 is 2.27 bits per heavy atom. The van der Waals surface area contributed by atoms with Crippen molar-refractivity contribution >= 4 is 0 Å². The molecule has 0 bridgehead atoms. The summed E-state index contributed by atoms with van der Waals surface area (Å²) in [5.74, 6) is 0. The standard InChI is InChI=1S/C11H25NO3/c1-3-7-14-10-11-15-8-4-5-12-6-9-13-2/h12H,3-11H2,1-2H3. The van der Waals surface area contributed by atoms with E-state index in [-0.39, 0.29) is 0 Å². The van der Waals surface area contributed by atoms with Crippen molar-refractivity contribution in [1.82, 2.24) is 5.32 Å². The van der Waals surface area contributed by atoms with Gasteiger partial charge in [0, 0.05) is 26.9 Å². The smallest absolute Gasteiger partial charge is 0.0700 e. The van der Waals surface area contributed by atoms with Gasteiger partial charge in [0.15, 0.2) is 0 Å². The van der Waals surface area contributed by atoms with Gasteiger partial charge in [0.1, 0.15) is 0 Å². The molecule has 0 aromatic rings. The lowest BCUT2D eigenvalue weighted by Crippen LogP contribution is -2.21. The van der Waals surface area contributed by atoms with Crippen LogP contribution in [0.2, 0.25) is 0 Å². The Morgan fingerprint density at radius 2 is 1.60 bits per heavy atom. The number of hydrogen-bond acceptors (Lipinski definition) is 4. The van der Waals surface area contributed by atoms with Crippen molar-refractivity contribution in [3.05, 3.63) is 0 Å². The number of methoxy groups -OCH3 is 1. The van der Waals surface area contributed by atoms with Gasteiger partial charge in [0.2, 0.25) is 0 Å². The highest BCUT2D eigenvalue weighted by molar-refractivity contribution is 4.45. The van der Waals surface area contributed by atoms with Gasteiger partial charge in [0.05, 0.1) is 19.8 Å². The Kier molecular flexibility index (Phi) is 13.7. The van der Waals surface area contributed by atoms with E-state index < -0.39 is 0 Å². The van der Waals surface area contributed by atoms with Gasteiger partial charge in [0.25, 0.3) is 0 Å². The predicted octanol–water partition coefficient (Wildman–Crippen LogP) is 1.06. The number of rotatable bonds is 12. The molecule has 92 valence electrons. The molecule has 0 rings (SSSR count). The molecule has 0 amide bonds. The molecule has 15 heavy (non-hydrogen) atoms. The molecule has 0 unspecified atom stereocenters. The van der Waals surface area contributed by atoms with Gasteiger partial charge in [-0.25, -0.2) is 0 Å². The summed E-state index contributed by atoms with van der Waals surface area (Å²) in [5, 5.41) is 3.26. The Hall–Kier alpha value is -0.160. The van der Waals surface area contributed by atoms with Crippen LogP contribution in [0.5, 0.6) is 0 Å². The number of hydrogen-bond donors (Lipinski definition) is 1. The first-order chi connectivity index (χ1) is 7.41.